The second-order valence-electron chi connectivity index (χ2n) is 7.32. The highest BCUT2D eigenvalue weighted by Crippen LogP contribution is 2.26. The van der Waals surface area contributed by atoms with E-state index in [2.05, 4.69) is 15.6 Å². The number of thiazole rings is 1. The van der Waals surface area contributed by atoms with Gasteiger partial charge in [-0.15, -0.1) is 0 Å². The molecule has 9 heteroatoms. The second-order valence-corrected chi connectivity index (χ2v) is 8.76. The fourth-order valence-electron chi connectivity index (χ4n) is 2.83. The summed E-state index contributed by atoms with van der Waals surface area (Å²) < 4.78 is 6.09. The molecule has 0 radical (unpaired) electrons. The van der Waals surface area contributed by atoms with Crippen molar-refractivity contribution < 1.29 is 19.1 Å². The predicted octanol–water partition coefficient (Wildman–Crippen LogP) is 4.19. The van der Waals surface area contributed by atoms with Crippen molar-refractivity contribution >= 4 is 56.1 Å². The number of aryl methyl sites for hydroxylation is 1. The number of carbonyl (C=O) groups excluding carboxylic acids is 3. The zero-order valence-electron chi connectivity index (χ0n) is 17.3. The average molecular weight is 460 g/mol. The minimum absolute atomic E-state index is 0.255. The maximum atomic E-state index is 12.5. The number of fused-ring (bicyclic) bond motifs is 1. The molecule has 162 valence electrons. The molecule has 0 spiro atoms. The maximum absolute atomic E-state index is 12.5. The van der Waals surface area contributed by atoms with Crippen LogP contribution in [0.15, 0.2) is 42.5 Å². The fraction of sp³-hybridized carbons (Fsp3) is 0.273. The molecule has 1 heterocycles. The number of carbonyl (C=O) groups is 3. The minimum atomic E-state index is -0.929. The van der Waals surface area contributed by atoms with E-state index < -0.39 is 30.4 Å². The van der Waals surface area contributed by atoms with E-state index in [9.17, 15) is 14.4 Å². The summed E-state index contributed by atoms with van der Waals surface area (Å²) in [4.78, 5) is 41.5. The molecule has 3 aromatic rings. The Bertz CT molecular complexity index is 1130. The molecule has 2 N–H and O–H groups in total. The Morgan fingerprint density at radius 3 is 2.61 bits per heavy atom. The van der Waals surface area contributed by atoms with Gasteiger partial charge in [0.05, 0.1) is 20.8 Å². The van der Waals surface area contributed by atoms with E-state index in [4.69, 9.17) is 16.3 Å². The van der Waals surface area contributed by atoms with Crippen LogP contribution >= 0.6 is 22.9 Å². The lowest BCUT2D eigenvalue weighted by Gasteiger charge is -2.21. The van der Waals surface area contributed by atoms with Gasteiger partial charge in [-0.3, -0.25) is 14.9 Å². The van der Waals surface area contributed by atoms with Crippen LogP contribution in [0.5, 0.6) is 0 Å². The molecule has 7 nitrogen and oxygen atoms in total. The first-order chi connectivity index (χ1) is 14.7. The molecule has 0 fully saturated rings. The molecule has 1 atom stereocenters. The molecule has 0 bridgehead atoms. The SMILES string of the molecule is Cc1ccc2nc(NC(=O)COC(=O)[C@H](NC(=O)c3ccccc3Cl)C(C)C)sc2c1. The highest BCUT2D eigenvalue weighted by Gasteiger charge is 2.27. The molecular formula is C22H22ClN3O4S. The van der Waals surface area contributed by atoms with Crippen molar-refractivity contribution in [2.45, 2.75) is 26.8 Å². The lowest BCUT2D eigenvalue weighted by atomic mass is 10.0. The Balaban J connectivity index is 1.58. The fourth-order valence-corrected chi connectivity index (χ4v) is 4.03. The first kappa shape index (κ1) is 22.7. The summed E-state index contributed by atoms with van der Waals surface area (Å²) in [6.07, 6.45) is 0. The van der Waals surface area contributed by atoms with Crippen LogP contribution in [-0.2, 0) is 14.3 Å². The number of amides is 2. The van der Waals surface area contributed by atoms with Gasteiger partial charge in [-0.1, -0.05) is 55.0 Å². The van der Waals surface area contributed by atoms with Crippen LogP contribution in [0.4, 0.5) is 5.13 Å². The number of ether oxygens (including phenoxy) is 1. The molecule has 0 saturated heterocycles. The van der Waals surface area contributed by atoms with Crippen LogP contribution in [0.1, 0.15) is 29.8 Å². The molecular weight excluding hydrogens is 438 g/mol. The molecule has 0 aliphatic heterocycles. The van der Waals surface area contributed by atoms with Crippen molar-refractivity contribution in [3.8, 4) is 0 Å². The number of esters is 1. The Labute approximate surface area is 188 Å². The van der Waals surface area contributed by atoms with Gasteiger partial charge in [-0.2, -0.15) is 0 Å². The highest BCUT2D eigenvalue weighted by atomic mass is 35.5. The van der Waals surface area contributed by atoms with Crippen molar-refractivity contribution in [2.24, 2.45) is 5.92 Å². The molecule has 1 aromatic heterocycles. The van der Waals surface area contributed by atoms with Gasteiger partial charge < -0.3 is 10.1 Å². The molecule has 3 rings (SSSR count). The lowest BCUT2D eigenvalue weighted by molar-refractivity contribution is -0.150. The van der Waals surface area contributed by atoms with Crippen LogP contribution in [0, 0.1) is 12.8 Å². The molecule has 0 aliphatic carbocycles. The Morgan fingerprint density at radius 1 is 1.16 bits per heavy atom. The third-order valence-electron chi connectivity index (χ3n) is 4.46. The Morgan fingerprint density at radius 2 is 1.90 bits per heavy atom. The molecule has 0 unspecified atom stereocenters. The summed E-state index contributed by atoms with van der Waals surface area (Å²) >= 11 is 7.38. The Kier molecular flexibility index (Phi) is 7.25. The number of halogens is 1. The third kappa shape index (κ3) is 5.80. The van der Waals surface area contributed by atoms with E-state index in [1.807, 2.05) is 25.1 Å². The van der Waals surface area contributed by atoms with E-state index >= 15 is 0 Å². The van der Waals surface area contributed by atoms with E-state index in [1.165, 1.54) is 11.3 Å². The molecule has 2 aromatic carbocycles. The molecule has 2 amide bonds. The van der Waals surface area contributed by atoms with E-state index in [1.54, 1.807) is 38.1 Å². The summed E-state index contributed by atoms with van der Waals surface area (Å²) in [6.45, 7) is 5.02. The van der Waals surface area contributed by atoms with Gasteiger partial charge >= 0.3 is 5.97 Å². The van der Waals surface area contributed by atoms with Crippen LogP contribution in [0.2, 0.25) is 5.02 Å². The van der Waals surface area contributed by atoms with Crippen molar-refractivity contribution in [1.29, 1.82) is 0 Å². The molecule has 0 saturated carbocycles. The standard InChI is InChI=1S/C22H22ClN3O4S/c1-12(2)19(26-20(28)14-6-4-5-7-15(14)23)21(29)30-11-18(27)25-22-24-16-9-8-13(3)10-17(16)31-22/h4-10,12,19H,11H2,1-3H3,(H,26,28)(H,24,25,27)/t19-/m1/s1. The quantitative estimate of drug-likeness (QED) is 0.516. The van der Waals surface area contributed by atoms with Gasteiger partial charge in [0.15, 0.2) is 11.7 Å². The zero-order chi connectivity index (χ0) is 22.5. The average Bonchev–Trinajstić information content (AvgIpc) is 3.11. The van der Waals surface area contributed by atoms with Gasteiger partial charge in [0.1, 0.15) is 6.04 Å². The normalized spacial score (nSPS) is 11.9. The van der Waals surface area contributed by atoms with Crippen LogP contribution in [0.25, 0.3) is 10.2 Å². The first-order valence-electron chi connectivity index (χ1n) is 9.63. The van der Waals surface area contributed by atoms with Crippen molar-refractivity contribution in [1.82, 2.24) is 10.3 Å². The molecule has 0 aliphatic rings. The summed E-state index contributed by atoms with van der Waals surface area (Å²) in [6, 6.07) is 11.4. The monoisotopic (exact) mass is 459 g/mol. The minimum Gasteiger partial charge on any atom is -0.454 e. The number of aromatic nitrogens is 1. The van der Waals surface area contributed by atoms with Gasteiger partial charge in [0.2, 0.25) is 0 Å². The van der Waals surface area contributed by atoms with Crippen molar-refractivity contribution in [2.75, 3.05) is 11.9 Å². The topological polar surface area (TPSA) is 97.4 Å². The number of hydrogen-bond acceptors (Lipinski definition) is 6. The molecule has 31 heavy (non-hydrogen) atoms. The van der Waals surface area contributed by atoms with Crippen molar-refractivity contribution in [3.63, 3.8) is 0 Å². The number of nitrogens with zero attached hydrogens (tertiary/aromatic N) is 1. The largest absolute Gasteiger partial charge is 0.454 e. The summed E-state index contributed by atoms with van der Waals surface area (Å²) in [7, 11) is 0. The number of anilines is 1. The van der Waals surface area contributed by atoms with E-state index in [0.717, 1.165) is 15.8 Å². The van der Waals surface area contributed by atoms with E-state index in [0.29, 0.717) is 5.13 Å². The van der Waals surface area contributed by atoms with Crippen molar-refractivity contribution in [3.05, 3.63) is 58.6 Å². The number of benzene rings is 2. The lowest BCUT2D eigenvalue weighted by Crippen LogP contribution is -2.46. The summed E-state index contributed by atoms with van der Waals surface area (Å²) in [5.41, 5.74) is 2.14. The Hall–Kier alpha value is -2.97. The highest BCUT2D eigenvalue weighted by molar-refractivity contribution is 7.22. The maximum Gasteiger partial charge on any atom is 0.329 e. The van der Waals surface area contributed by atoms with Crippen LogP contribution < -0.4 is 10.6 Å². The first-order valence-corrected chi connectivity index (χ1v) is 10.8. The van der Waals surface area contributed by atoms with Crippen LogP contribution in [0.3, 0.4) is 0 Å². The second kappa shape index (κ2) is 9.89. The summed E-state index contributed by atoms with van der Waals surface area (Å²) in [5.74, 6) is -1.96. The zero-order valence-corrected chi connectivity index (χ0v) is 18.8. The number of rotatable bonds is 7. The van der Waals surface area contributed by atoms with E-state index in [-0.39, 0.29) is 16.5 Å². The number of hydrogen-bond donors (Lipinski definition) is 2. The van der Waals surface area contributed by atoms with Gasteiger partial charge in [-0.05, 0) is 42.7 Å². The summed E-state index contributed by atoms with van der Waals surface area (Å²) in [5, 5.41) is 5.97. The smallest absolute Gasteiger partial charge is 0.329 e. The number of nitrogens with one attached hydrogen (secondary N) is 2. The van der Waals surface area contributed by atoms with Gasteiger partial charge in [-0.25, -0.2) is 9.78 Å². The predicted molar refractivity (Wildman–Crippen MR) is 121 cm³/mol. The van der Waals surface area contributed by atoms with Gasteiger partial charge in [0.25, 0.3) is 11.8 Å². The van der Waals surface area contributed by atoms with Gasteiger partial charge in [0, 0.05) is 0 Å². The third-order valence-corrected chi connectivity index (χ3v) is 5.72. The van der Waals surface area contributed by atoms with Crippen LogP contribution in [-0.4, -0.2) is 35.4 Å².